The number of aryl methyl sites for hydroxylation is 1. The Morgan fingerprint density at radius 3 is 1.98 bits per heavy atom. The van der Waals surface area contributed by atoms with Crippen LogP contribution < -0.4 is 24.4 Å². The summed E-state index contributed by atoms with van der Waals surface area (Å²) in [6, 6.07) is 25.1. The highest BCUT2D eigenvalue weighted by atomic mass is 32.2. The van der Waals surface area contributed by atoms with Crippen molar-refractivity contribution < 1.29 is 27.5 Å². The van der Waals surface area contributed by atoms with Crippen molar-refractivity contribution in [1.82, 2.24) is 0 Å². The van der Waals surface area contributed by atoms with E-state index >= 15 is 0 Å². The van der Waals surface area contributed by atoms with Gasteiger partial charge >= 0.3 is 0 Å². The molecular formula is C34H37N3O6S. The summed E-state index contributed by atoms with van der Waals surface area (Å²) >= 11 is 0. The van der Waals surface area contributed by atoms with Gasteiger partial charge in [0.25, 0.3) is 15.9 Å². The molecule has 0 aromatic heterocycles. The molecule has 9 nitrogen and oxygen atoms in total. The van der Waals surface area contributed by atoms with Gasteiger partial charge in [0.05, 0.1) is 24.8 Å². The Morgan fingerprint density at radius 2 is 1.39 bits per heavy atom. The van der Waals surface area contributed by atoms with Gasteiger partial charge in [0.2, 0.25) is 5.91 Å². The summed E-state index contributed by atoms with van der Waals surface area (Å²) in [6.07, 6.45) is 0. The lowest BCUT2D eigenvalue weighted by Crippen LogP contribution is -2.38. The van der Waals surface area contributed by atoms with Gasteiger partial charge in [0.15, 0.2) is 11.5 Å². The number of amides is 2. The first-order chi connectivity index (χ1) is 20.8. The van der Waals surface area contributed by atoms with Crippen LogP contribution in [0, 0.1) is 6.92 Å². The average molecular weight is 616 g/mol. The van der Waals surface area contributed by atoms with E-state index in [1.165, 1.54) is 32.4 Å². The van der Waals surface area contributed by atoms with Gasteiger partial charge in [-0.2, -0.15) is 0 Å². The predicted molar refractivity (Wildman–Crippen MR) is 173 cm³/mol. The van der Waals surface area contributed by atoms with E-state index in [0.717, 1.165) is 15.4 Å². The molecule has 0 radical (unpaired) electrons. The fourth-order valence-electron chi connectivity index (χ4n) is 4.46. The maximum Gasteiger partial charge on any atom is 0.264 e. The topological polar surface area (TPSA) is 114 Å². The second kappa shape index (κ2) is 13.2. The Morgan fingerprint density at radius 1 is 0.773 bits per heavy atom. The van der Waals surface area contributed by atoms with E-state index in [9.17, 15) is 18.0 Å². The van der Waals surface area contributed by atoms with Gasteiger partial charge in [0, 0.05) is 23.0 Å². The van der Waals surface area contributed by atoms with Gasteiger partial charge in [-0.15, -0.1) is 0 Å². The number of rotatable bonds is 10. The van der Waals surface area contributed by atoms with Crippen molar-refractivity contribution in [2.45, 2.75) is 38.0 Å². The van der Waals surface area contributed by atoms with Crippen LogP contribution in [-0.2, 0) is 20.2 Å². The molecule has 10 heteroatoms. The van der Waals surface area contributed by atoms with Crippen molar-refractivity contribution in [3.05, 3.63) is 108 Å². The molecular weight excluding hydrogens is 578 g/mol. The maximum absolute atomic E-state index is 13.8. The van der Waals surface area contributed by atoms with Crippen LogP contribution in [0.5, 0.6) is 11.5 Å². The Balaban J connectivity index is 1.55. The molecule has 4 aromatic rings. The molecule has 0 bridgehead atoms. The number of methoxy groups -OCH3 is 2. The number of nitrogens with one attached hydrogen (secondary N) is 2. The Labute approximate surface area is 258 Å². The number of hydrogen-bond acceptors (Lipinski definition) is 6. The number of carbonyl (C=O) groups excluding carboxylic acids is 2. The smallest absolute Gasteiger partial charge is 0.264 e. The predicted octanol–water partition coefficient (Wildman–Crippen LogP) is 6.40. The summed E-state index contributed by atoms with van der Waals surface area (Å²) in [5, 5.41) is 5.60. The van der Waals surface area contributed by atoms with E-state index in [0.29, 0.717) is 28.4 Å². The summed E-state index contributed by atoms with van der Waals surface area (Å²) in [7, 11) is -1.23. The first kappa shape index (κ1) is 32.1. The number of sulfonamides is 1. The summed E-state index contributed by atoms with van der Waals surface area (Å²) in [5.74, 6) is -0.155. The third-order valence-corrected chi connectivity index (χ3v) is 8.76. The zero-order chi connectivity index (χ0) is 32.1. The highest BCUT2D eigenvalue weighted by Gasteiger charge is 2.28. The van der Waals surface area contributed by atoms with Crippen LogP contribution in [0.15, 0.2) is 95.9 Å². The molecule has 4 aromatic carbocycles. The van der Waals surface area contributed by atoms with Crippen molar-refractivity contribution >= 4 is 38.9 Å². The number of anilines is 3. The Hall–Kier alpha value is -4.83. The molecule has 0 aliphatic carbocycles. The monoisotopic (exact) mass is 615 g/mol. The van der Waals surface area contributed by atoms with Crippen LogP contribution in [0.1, 0.15) is 42.3 Å². The minimum atomic E-state index is -4.15. The number of nitrogens with zero attached hydrogens (tertiary/aromatic N) is 1. The second-order valence-electron chi connectivity index (χ2n) is 11.3. The number of hydrogen-bond donors (Lipinski definition) is 2. The lowest BCUT2D eigenvalue weighted by atomic mass is 9.87. The molecule has 0 atom stereocenters. The van der Waals surface area contributed by atoms with Gasteiger partial charge in [-0.1, -0.05) is 56.7 Å². The summed E-state index contributed by atoms with van der Waals surface area (Å²) in [4.78, 5) is 26.2. The van der Waals surface area contributed by atoms with Crippen molar-refractivity contribution in [2.75, 3.05) is 35.7 Å². The third kappa shape index (κ3) is 7.57. The van der Waals surface area contributed by atoms with E-state index in [-0.39, 0.29) is 21.9 Å². The lowest BCUT2D eigenvalue weighted by molar-refractivity contribution is -0.114. The van der Waals surface area contributed by atoms with Crippen LogP contribution >= 0.6 is 0 Å². The zero-order valence-electron chi connectivity index (χ0n) is 25.7. The minimum absolute atomic E-state index is 0.0317. The fraction of sp³-hybridized carbons (Fsp3) is 0.235. The normalized spacial score (nSPS) is 11.4. The molecule has 2 N–H and O–H groups in total. The van der Waals surface area contributed by atoms with E-state index in [2.05, 4.69) is 31.4 Å². The number of benzene rings is 4. The average Bonchev–Trinajstić information content (AvgIpc) is 2.99. The van der Waals surface area contributed by atoms with E-state index in [1.807, 2.05) is 19.1 Å². The van der Waals surface area contributed by atoms with E-state index < -0.39 is 22.5 Å². The molecule has 0 aliphatic heterocycles. The van der Waals surface area contributed by atoms with Gasteiger partial charge in [-0.05, 0) is 72.5 Å². The molecule has 0 unspecified atom stereocenters. The van der Waals surface area contributed by atoms with Crippen molar-refractivity contribution in [2.24, 2.45) is 0 Å². The van der Waals surface area contributed by atoms with Crippen LogP contribution in [0.25, 0.3) is 0 Å². The van der Waals surface area contributed by atoms with Gasteiger partial charge in [0.1, 0.15) is 6.54 Å². The SMILES string of the molecule is COc1ccc(N(CC(=O)Nc2cccc(NC(=O)c3ccc(C(C)(C)C)cc3)c2)S(=O)(=O)c2ccc(C)cc2)cc1OC. The molecule has 0 saturated heterocycles. The molecule has 0 saturated carbocycles. The highest BCUT2D eigenvalue weighted by Crippen LogP contribution is 2.34. The molecule has 230 valence electrons. The standard InChI is InChI=1S/C34H37N3O6S/c1-23-10-17-29(18-11-23)44(40,41)37(28-16-19-30(42-5)31(21-28)43-6)22-32(38)35-26-8-7-9-27(20-26)36-33(39)24-12-14-25(15-13-24)34(2,3)4/h7-21H,22H2,1-6H3,(H,35,38)(H,36,39). The van der Waals surface area contributed by atoms with Crippen molar-refractivity contribution in [1.29, 1.82) is 0 Å². The fourth-order valence-corrected chi connectivity index (χ4v) is 5.88. The van der Waals surface area contributed by atoms with Crippen molar-refractivity contribution in [3.8, 4) is 11.5 Å². The largest absolute Gasteiger partial charge is 0.493 e. The van der Waals surface area contributed by atoms with E-state index in [1.54, 1.807) is 60.7 Å². The summed E-state index contributed by atoms with van der Waals surface area (Å²) in [5.41, 5.74) is 3.55. The third-order valence-electron chi connectivity index (χ3n) is 6.97. The zero-order valence-corrected chi connectivity index (χ0v) is 26.5. The highest BCUT2D eigenvalue weighted by molar-refractivity contribution is 7.92. The van der Waals surface area contributed by atoms with Crippen molar-refractivity contribution in [3.63, 3.8) is 0 Å². The molecule has 0 heterocycles. The lowest BCUT2D eigenvalue weighted by Gasteiger charge is -2.25. The molecule has 0 aliphatic rings. The van der Waals surface area contributed by atoms with Crippen LogP contribution in [0.4, 0.5) is 17.1 Å². The van der Waals surface area contributed by atoms with Crippen LogP contribution in [0.3, 0.4) is 0 Å². The van der Waals surface area contributed by atoms with Gasteiger partial charge in [-0.3, -0.25) is 13.9 Å². The summed E-state index contributed by atoms with van der Waals surface area (Å²) in [6.45, 7) is 7.64. The second-order valence-corrected chi connectivity index (χ2v) is 13.1. The summed E-state index contributed by atoms with van der Waals surface area (Å²) < 4.78 is 39.3. The molecule has 2 amide bonds. The first-order valence-electron chi connectivity index (χ1n) is 13.9. The first-order valence-corrected chi connectivity index (χ1v) is 15.4. The maximum atomic E-state index is 13.8. The molecule has 0 spiro atoms. The van der Waals surface area contributed by atoms with Crippen LogP contribution in [-0.4, -0.2) is 41.0 Å². The van der Waals surface area contributed by atoms with Crippen LogP contribution in [0.2, 0.25) is 0 Å². The molecule has 4 rings (SSSR count). The van der Waals surface area contributed by atoms with Gasteiger partial charge in [-0.25, -0.2) is 8.42 Å². The number of ether oxygens (including phenoxy) is 2. The minimum Gasteiger partial charge on any atom is -0.493 e. The Bertz CT molecular complexity index is 1750. The Kier molecular flexibility index (Phi) is 9.64. The molecule has 44 heavy (non-hydrogen) atoms. The van der Waals surface area contributed by atoms with E-state index in [4.69, 9.17) is 9.47 Å². The quantitative estimate of drug-likeness (QED) is 0.214. The van der Waals surface area contributed by atoms with Gasteiger partial charge < -0.3 is 20.1 Å². The molecule has 0 fully saturated rings. The number of carbonyl (C=O) groups is 2.